The van der Waals surface area contributed by atoms with Crippen LogP contribution in [0.5, 0.6) is 0 Å². The van der Waals surface area contributed by atoms with Gasteiger partial charge < -0.3 is 5.73 Å². The lowest BCUT2D eigenvalue weighted by atomic mass is 10.1. The quantitative estimate of drug-likeness (QED) is 0.579. The van der Waals surface area contributed by atoms with Crippen molar-refractivity contribution in [1.29, 1.82) is 0 Å². The molecule has 0 aromatic rings. The third-order valence-electron chi connectivity index (χ3n) is 2.00. The Morgan fingerprint density at radius 1 is 1.08 bits per heavy atom. The molecule has 0 fully saturated rings. The van der Waals surface area contributed by atoms with E-state index in [-0.39, 0.29) is 0 Å². The molecule has 0 amide bonds. The number of hydrogen-bond acceptors (Lipinski definition) is 1. The zero-order chi connectivity index (χ0) is 9.23. The van der Waals surface area contributed by atoms with E-state index in [4.69, 9.17) is 5.73 Å². The lowest BCUT2D eigenvalue weighted by Crippen LogP contribution is -1.95. The van der Waals surface area contributed by atoms with E-state index < -0.39 is 0 Å². The highest BCUT2D eigenvalue weighted by molar-refractivity contribution is 4.95. The first-order valence-electron chi connectivity index (χ1n) is 5.25. The molecular formula is C11H23N. The molecule has 0 heterocycles. The number of rotatable bonds is 7. The van der Waals surface area contributed by atoms with E-state index in [0.29, 0.717) is 0 Å². The zero-order valence-electron chi connectivity index (χ0n) is 8.60. The van der Waals surface area contributed by atoms with Crippen LogP contribution in [0.1, 0.15) is 58.8 Å². The van der Waals surface area contributed by atoms with Gasteiger partial charge in [-0.1, -0.05) is 45.6 Å². The lowest BCUT2D eigenvalue weighted by molar-refractivity contribution is 0.671. The van der Waals surface area contributed by atoms with E-state index in [9.17, 15) is 0 Å². The maximum atomic E-state index is 5.76. The van der Waals surface area contributed by atoms with Crippen molar-refractivity contribution in [3.8, 4) is 0 Å². The van der Waals surface area contributed by atoms with Gasteiger partial charge in [-0.15, -0.1) is 0 Å². The molecule has 0 rings (SSSR count). The molecule has 0 saturated carbocycles. The molecule has 1 heteroatoms. The third-order valence-corrected chi connectivity index (χ3v) is 2.00. The highest BCUT2D eigenvalue weighted by atomic mass is 14.6. The summed E-state index contributed by atoms with van der Waals surface area (Å²) in [5.41, 5.74) is 6.84. The Morgan fingerprint density at radius 3 is 2.42 bits per heavy atom. The molecule has 0 spiro atoms. The largest absolute Gasteiger partial charge is 0.402 e. The molecule has 12 heavy (non-hydrogen) atoms. The van der Waals surface area contributed by atoms with Crippen LogP contribution in [0, 0.1) is 0 Å². The summed E-state index contributed by atoms with van der Waals surface area (Å²) in [6.07, 6.45) is 10.9. The van der Waals surface area contributed by atoms with Crippen LogP contribution < -0.4 is 5.73 Å². The summed E-state index contributed by atoms with van der Waals surface area (Å²) in [5.74, 6) is 0. The van der Waals surface area contributed by atoms with Gasteiger partial charge in [0.25, 0.3) is 0 Å². The van der Waals surface area contributed by atoms with Crippen LogP contribution in [0.15, 0.2) is 11.8 Å². The van der Waals surface area contributed by atoms with Crippen molar-refractivity contribution in [2.24, 2.45) is 5.73 Å². The van der Waals surface area contributed by atoms with Crippen LogP contribution in [0.4, 0.5) is 0 Å². The molecule has 2 N–H and O–H groups in total. The summed E-state index contributed by atoms with van der Waals surface area (Å²) >= 11 is 0. The molecule has 0 aliphatic carbocycles. The zero-order valence-corrected chi connectivity index (χ0v) is 8.60. The monoisotopic (exact) mass is 169 g/mol. The van der Waals surface area contributed by atoms with Gasteiger partial charge in [-0.05, 0) is 19.3 Å². The van der Waals surface area contributed by atoms with E-state index in [1.807, 2.05) is 0 Å². The van der Waals surface area contributed by atoms with Crippen molar-refractivity contribution < 1.29 is 0 Å². The van der Waals surface area contributed by atoms with Crippen molar-refractivity contribution in [3.63, 3.8) is 0 Å². The SMILES string of the molecule is CCCCCC/C=C(/N)CCC. The minimum absolute atomic E-state index is 1.06. The molecule has 72 valence electrons. The maximum Gasteiger partial charge on any atom is 0.00398 e. The molecule has 0 radical (unpaired) electrons. The van der Waals surface area contributed by atoms with E-state index in [1.54, 1.807) is 0 Å². The van der Waals surface area contributed by atoms with Crippen molar-refractivity contribution in [2.75, 3.05) is 0 Å². The number of nitrogens with two attached hydrogens (primary N) is 1. The summed E-state index contributed by atoms with van der Waals surface area (Å²) in [7, 11) is 0. The molecule has 0 aliphatic rings. The van der Waals surface area contributed by atoms with Crippen molar-refractivity contribution in [1.82, 2.24) is 0 Å². The second-order valence-electron chi connectivity index (χ2n) is 3.38. The first kappa shape index (κ1) is 11.5. The number of allylic oxidation sites excluding steroid dienone is 2. The Morgan fingerprint density at radius 2 is 1.83 bits per heavy atom. The van der Waals surface area contributed by atoms with Gasteiger partial charge in [0.05, 0.1) is 0 Å². The van der Waals surface area contributed by atoms with Gasteiger partial charge in [0.1, 0.15) is 0 Å². The van der Waals surface area contributed by atoms with Crippen molar-refractivity contribution in [3.05, 3.63) is 11.8 Å². The molecule has 0 saturated heterocycles. The molecule has 0 aromatic carbocycles. The topological polar surface area (TPSA) is 26.0 Å². The summed E-state index contributed by atoms with van der Waals surface area (Å²) < 4.78 is 0. The van der Waals surface area contributed by atoms with Crippen LogP contribution in [0.3, 0.4) is 0 Å². The van der Waals surface area contributed by atoms with E-state index in [1.165, 1.54) is 32.1 Å². The highest BCUT2D eigenvalue weighted by Crippen LogP contribution is 2.05. The predicted octanol–water partition coefficient (Wildman–Crippen LogP) is 3.60. The Balaban J connectivity index is 3.21. The van der Waals surface area contributed by atoms with Gasteiger partial charge in [-0.25, -0.2) is 0 Å². The standard InChI is InChI=1S/C11H23N/c1-3-5-6-7-8-10-11(12)9-4-2/h10H,3-9,12H2,1-2H3/b11-10+. The first-order valence-corrected chi connectivity index (χ1v) is 5.25. The Labute approximate surface area is 77.0 Å². The fraction of sp³-hybridized carbons (Fsp3) is 0.818. The van der Waals surface area contributed by atoms with Gasteiger partial charge in [0, 0.05) is 5.70 Å². The number of unbranched alkanes of at least 4 members (excludes halogenated alkanes) is 4. The van der Waals surface area contributed by atoms with Gasteiger partial charge in [-0.3, -0.25) is 0 Å². The summed E-state index contributed by atoms with van der Waals surface area (Å²) in [6.45, 7) is 4.40. The summed E-state index contributed by atoms with van der Waals surface area (Å²) in [5, 5.41) is 0. The van der Waals surface area contributed by atoms with Gasteiger partial charge in [-0.2, -0.15) is 0 Å². The highest BCUT2D eigenvalue weighted by Gasteiger charge is 1.88. The van der Waals surface area contributed by atoms with Crippen LogP contribution in [-0.2, 0) is 0 Å². The molecule has 0 unspecified atom stereocenters. The van der Waals surface area contributed by atoms with Gasteiger partial charge in [0.15, 0.2) is 0 Å². The van der Waals surface area contributed by atoms with Crippen molar-refractivity contribution in [2.45, 2.75) is 58.8 Å². The van der Waals surface area contributed by atoms with E-state index in [0.717, 1.165) is 18.5 Å². The number of hydrogen-bond donors (Lipinski definition) is 1. The third kappa shape index (κ3) is 7.64. The van der Waals surface area contributed by atoms with Gasteiger partial charge >= 0.3 is 0 Å². The molecular weight excluding hydrogens is 146 g/mol. The van der Waals surface area contributed by atoms with E-state index >= 15 is 0 Å². The summed E-state index contributed by atoms with van der Waals surface area (Å²) in [6, 6.07) is 0. The first-order chi connectivity index (χ1) is 5.81. The Kier molecular flexibility index (Phi) is 8.30. The fourth-order valence-corrected chi connectivity index (χ4v) is 1.25. The van der Waals surface area contributed by atoms with Crippen LogP contribution in [0.25, 0.3) is 0 Å². The average Bonchev–Trinajstić information content (AvgIpc) is 2.05. The van der Waals surface area contributed by atoms with Gasteiger partial charge in [0.2, 0.25) is 0 Å². The minimum atomic E-state index is 1.06. The fourth-order valence-electron chi connectivity index (χ4n) is 1.25. The van der Waals surface area contributed by atoms with Crippen LogP contribution in [0.2, 0.25) is 0 Å². The molecule has 1 nitrogen and oxygen atoms in total. The predicted molar refractivity (Wildman–Crippen MR) is 55.9 cm³/mol. The maximum absolute atomic E-state index is 5.76. The van der Waals surface area contributed by atoms with Crippen LogP contribution >= 0.6 is 0 Å². The minimum Gasteiger partial charge on any atom is -0.402 e. The smallest absolute Gasteiger partial charge is 0.00398 e. The van der Waals surface area contributed by atoms with Crippen molar-refractivity contribution >= 4 is 0 Å². The second kappa shape index (κ2) is 8.63. The molecule has 0 atom stereocenters. The normalized spacial score (nSPS) is 12.0. The average molecular weight is 169 g/mol. The molecule has 0 bridgehead atoms. The van der Waals surface area contributed by atoms with Crippen LogP contribution in [-0.4, -0.2) is 0 Å². The molecule has 0 aromatic heterocycles. The Hall–Kier alpha value is -0.460. The molecule has 0 aliphatic heterocycles. The second-order valence-corrected chi connectivity index (χ2v) is 3.38. The summed E-state index contributed by atoms with van der Waals surface area (Å²) in [4.78, 5) is 0. The van der Waals surface area contributed by atoms with E-state index in [2.05, 4.69) is 19.9 Å². The lowest BCUT2D eigenvalue weighted by Gasteiger charge is -1.98. The Bertz CT molecular complexity index is 116.